The van der Waals surface area contributed by atoms with E-state index in [1.165, 1.54) is 24.0 Å². The monoisotopic (exact) mass is 360 g/mol. The molecule has 2 aliphatic rings. The van der Waals surface area contributed by atoms with Gasteiger partial charge in [0.05, 0.1) is 0 Å². The summed E-state index contributed by atoms with van der Waals surface area (Å²) in [5.41, 5.74) is 2.79. The SMILES string of the molecule is CC(C)CC1=[C-]CC=C1.CC(C)CC1=[C-]CC=C1.[Cl][Ti][Cl]. The van der Waals surface area contributed by atoms with Crippen LogP contribution in [0.1, 0.15) is 53.4 Å². The van der Waals surface area contributed by atoms with Gasteiger partial charge in [0, 0.05) is 0 Å². The van der Waals surface area contributed by atoms with Gasteiger partial charge in [-0.25, -0.2) is 23.3 Å². The van der Waals surface area contributed by atoms with Crippen LogP contribution in [-0.2, 0) is 17.0 Å². The summed E-state index contributed by atoms with van der Waals surface area (Å²) in [6.07, 6.45) is 19.7. The molecule has 2 rings (SSSR count). The molecule has 0 radical (unpaired) electrons. The van der Waals surface area contributed by atoms with Crippen LogP contribution in [0, 0.1) is 24.0 Å². The van der Waals surface area contributed by atoms with Gasteiger partial charge in [0.2, 0.25) is 0 Å². The molecule has 0 saturated carbocycles. The van der Waals surface area contributed by atoms with Crippen LogP contribution < -0.4 is 0 Å². The summed E-state index contributed by atoms with van der Waals surface area (Å²) in [7, 11) is 9.78. The van der Waals surface area contributed by atoms with Gasteiger partial charge in [0.1, 0.15) is 0 Å². The van der Waals surface area contributed by atoms with E-state index in [1.54, 1.807) is 0 Å². The van der Waals surface area contributed by atoms with Crippen LogP contribution in [-0.4, -0.2) is 0 Å². The molecule has 0 bridgehead atoms. The van der Waals surface area contributed by atoms with E-state index in [1.807, 2.05) is 0 Å². The fraction of sp³-hybridized carbons (Fsp3) is 0.556. The van der Waals surface area contributed by atoms with Crippen LogP contribution in [0.4, 0.5) is 0 Å². The summed E-state index contributed by atoms with van der Waals surface area (Å²) in [6.45, 7) is 8.95. The normalized spacial score (nSPS) is 15.2. The average Bonchev–Trinajstić information content (AvgIpc) is 3.03. The van der Waals surface area contributed by atoms with Crippen molar-refractivity contribution in [1.29, 1.82) is 0 Å². The van der Waals surface area contributed by atoms with Crippen LogP contribution in [0.2, 0.25) is 0 Å². The second kappa shape index (κ2) is 13.9. The van der Waals surface area contributed by atoms with E-state index in [2.05, 4.69) is 64.2 Å². The number of rotatable bonds is 4. The quantitative estimate of drug-likeness (QED) is 0.381. The Balaban J connectivity index is 0.000000322. The molecule has 2 aliphatic carbocycles. The molecular weight excluding hydrogens is 335 g/mol. The first-order valence-electron chi connectivity index (χ1n) is 7.48. The van der Waals surface area contributed by atoms with Crippen molar-refractivity contribution in [2.45, 2.75) is 53.4 Å². The minimum absolute atomic E-state index is 0.556. The summed E-state index contributed by atoms with van der Waals surface area (Å²) in [5, 5.41) is 0. The molecule has 0 fully saturated rings. The molecule has 0 unspecified atom stereocenters. The topological polar surface area (TPSA) is 0 Å². The van der Waals surface area contributed by atoms with Crippen molar-refractivity contribution in [2.75, 3.05) is 0 Å². The van der Waals surface area contributed by atoms with E-state index in [0.717, 1.165) is 24.7 Å². The number of allylic oxidation sites excluding steroid dienone is 8. The Morgan fingerprint density at radius 2 is 1.24 bits per heavy atom. The van der Waals surface area contributed by atoms with Gasteiger partial charge in [-0.05, 0) is 11.8 Å². The van der Waals surface area contributed by atoms with Gasteiger partial charge in [0.25, 0.3) is 0 Å². The third kappa shape index (κ3) is 13.6. The summed E-state index contributed by atoms with van der Waals surface area (Å²) in [4.78, 5) is 0. The number of halogens is 2. The molecule has 0 N–H and O–H groups in total. The summed E-state index contributed by atoms with van der Waals surface area (Å²) >= 11 is -0.556. The molecule has 0 saturated heterocycles. The molecule has 0 aliphatic heterocycles. The van der Waals surface area contributed by atoms with Crippen LogP contribution in [0.5, 0.6) is 0 Å². The van der Waals surface area contributed by atoms with Crippen molar-refractivity contribution in [3.63, 3.8) is 0 Å². The first kappa shape index (κ1) is 21.3. The second-order valence-corrected chi connectivity index (χ2v) is 8.46. The Kier molecular flexibility index (Phi) is 14.1. The Labute approximate surface area is 148 Å². The van der Waals surface area contributed by atoms with E-state index < -0.39 is 17.0 Å². The fourth-order valence-corrected chi connectivity index (χ4v) is 2.06. The molecular formula is C18H26Cl2Ti-2. The Bertz CT molecular complexity index is 341. The van der Waals surface area contributed by atoms with Gasteiger partial charge in [0.15, 0.2) is 0 Å². The maximum absolute atomic E-state index is 4.89. The first-order valence-corrected chi connectivity index (χ1v) is 11.8. The molecule has 0 aromatic rings. The van der Waals surface area contributed by atoms with E-state index in [4.69, 9.17) is 18.6 Å². The molecule has 0 aromatic carbocycles. The Hall–Kier alpha value is 0.254. The van der Waals surface area contributed by atoms with Gasteiger partial charge >= 0.3 is 35.6 Å². The van der Waals surface area contributed by atoms with E-state index in [-0.39, 0.29) is 0 Å². The van der Waals surface area contributed by atoms with Crippen LogP contribution in [0.25, 0.3) is 0 Å². The number of hydrogen-bond donors (Lipinski definition) is 0. The fourth-order valence-electron chi connectivity index (χ4n) is 2.06. The van der Waals surface area contributed by atoms with Gasteiger partial charge < -0.3 is 0 Å². The molecule has 21 heavy (non-hydrogen) atoms. The third-order valence-corrected chi connectivity index (χ3v) is 2.79. The van der Waals surface area contributed by atoms with Crippen LogP contribution >= 0.6 is 18.6 Å². The molecule has 0 aromatic heterocycles. The van der Waals surface area contributed by atoms with Crippen molar-refractivity contribution in [3.8, 4) is 0 Å². The van der Waals surface area contributed by atoms with Crippen LogP contribution in [0.15, 0.2) is 35.5 Å². The van der Waals surface area contributed by atoms with Crippen molar-refractivity contribution >= 4 is 18.6 Å². The van der Waals surface area contributed by atoms with Crippen molar-refractivity contribution in [1.82, 2.24) is 0 Å². The predicted octanol–water partition coefficient (Wildman–Crippen LogP) is 6.82. The Morgan fingerprint density at radius 3 is 1.43 bits per heavy atom. The summed E-state index contributed by atoms with van der Waals surface area (Å²) < 4.78 is 0. The van der Waals surface area contributed by atoms with Crippen molar-refractivity contribution in [2.24, 2.45) is 11.8 Å². The predicted molar refractivity (Wildman–Crippen MR) is 91.6 cm³/mol. The molecule has 118 valence electrons. The maximum atomic E-state index is 4.89. The molecule has 3 heteroatoms. The molecule has 0 amide bonds. The Morgan fingerprint density at radius 1 is 0.905 bits per heavy atom. The zero-order valence-corrected chi connectivity index (χ0v) is 16.6. The first-order chi connectivity index (χ1) is 9.99. The molecule has 0 atom stereocenters. The van der Waals surface area contributed by atoms with Crippen LogP contribution in [0.3, 0.4) is 0 Å². The van der Waals surface area contributed by atoms with Gasteiger partial charge in [-0.15, -0.1) is 12.8 Å². The number of hydrogen-bond acceptors (Lipinski definition) is 0. The van der Waals surface area contributed by atoms with E-state index in [0.29, 0.717) is 0 Å². The third-order valence-electron chi connectivity index (χ3n) is 2.79. The standard InChI is InChI=1S/2C9H13.2ClH.Ti/c2*1-8(2)7-9-5-3-4-6-9;;;/h2*3,5,8H,4,7H2,1-2H3;2*1H;/q2*-1;;;+2/p-2. The van der Waals surface area contributed by atoms with E-state index in [9.17, 15) is 0 Å². The zero-order valence-electron chi connectivity index (χ0n) is 13.5. The summed E-state index contributed by atoms with van der Waals surface area (Å²) in [5.74, 6) is 1.55. The van der Waals surface area contributed by atoms with Gasteiger partial charge in [-0.3, -0.25) is 12.2 Å². The molecule has 0 heterocycles. The summed E-state index contributed by atoms with van der Waals surface area (Å²) in [6, 6.07) is 0. The van der Waals surface area contributed by atoms with Gasteiger partial charge in [-0.1, -0.05) is 40.5 Å². The van der Waals surface area contributed by atoms with Gasteiger partial charge in [-0.2, -0.15) is 12.2 Å². The second-order valence-electron chi connectivity index (χ2n) is 5.88. The molecule has 0 nitrogen and oxygen atoms in total. The van der Waals surface area contributed by atoms with E-state index >= 15 is 0 Å². The van der Waals surface area contributed by atoms with Crippen molar-refractivity contribution in [3.05, 3.63) is 47.6 Å². The minimum atomic E-state index is -0.556. The molecule has 0 spiro atoms. The zero-order chi connectivity index (χ0) is 16.1. The van der Waals surface area contributed by atoms with Crippen molar-refractivity contribution < 1.29 is 17.0 Å². The average molecular weight is 361 g/mol.